The van der Waals surface area contributed by atoms with E-state index in [4.69, 9.17) is 15.6 Å². The van der Waals surface area contributed by atoms with Crippen LogP contribution in [0.4, 0.5) is 0 Å². The van der Waals surface area contributed by atoms with Gasteiger partial charge in [-0.3, -0.25) is 4.79 Å². The Morgan fingerprint density at radius 2 is 2.18 bits per heavy atom. The van der Waals surface area contributed by atoms with Crippen LogP contribution >= 0.6 is 0 Å². The summed E-state index contributed by atoms with van der Waals surface area (Å²) in [7, 11) is 1.61. The molecule has 4 N–H and O–H groups in total. The van der Waals surface area contributed by atoms with Crippen LogP contribution in [0.2, 0.25) is 0 Å². The number of methoxy groups -OCH3 is 1. The number of carbonyl (C=O) groups is 1. The molecule has 1 unspecified atom stereocenters. The van der Waals surface area contributed by atoms with Crippen molar-refractivity contribution in [2.45, 2.75) is 19.0 Å². The Hall–Kier alpha value is -1.59. The zero-order valence-corrected chi connectivity index (χ0v) is 10.0. The molecular formula is C12H18N2O3. The van der Waals surface area contributed by atoms with Crippen LogP contribution in [0.1, 0.15) is 18.5 Å². The minimum atomic E-state index is -1.01. The van der Waals surface area contributed by atoms with E-state index in [-0.39, 0.29) is 12.6 Å². The molecule has 0 amide bonds. The van der Waals surface area contributed by atoms with Crippen LogP contribution in [0, 0.1) is 0 Å². The standard InChI is InChI=1S/C12H18N2O3/c1-8(14-7-10(13)12(15)16)9-5-3-4-6-11(9)17-2/h3-6,8,10,14H,7,13H2,1-2H3,(H,15,16)/t8-,10?/m0/s1. The maximum absolute atomic E-state index is 10.6. The van der Waals surface area contributed by atoms with Gasteiger partial charge in [0.05, 0.1) is 7.11 Å². The van der Waals surface area contributed by atoms with Crippen molar-refractivity contribution in [2.24, 2.45) is 5.73 Å². The van der Waals surface area contributed by atoms with E-state index in [0.29, 0.717) is 0 Å². The topological polar surface area (TPSA) is 84.6 Å². The van der Waals surface area contributed by atoms with E-state index in [1.807, 2.05) is 31.2 Å². The van der Waals surface area contributed by atoms with Gasteiger partial charge in [-0.15, -0.1) is 0 Å². The Morgan fingerprint density at radius 3 is 2.76 bits per heavy atom. The molecule has 0 fully saturated rings. The third kappa shape index (κ3) is 3.72. The van der Waals surface area contributed by atoms with Crippen molar-refractivity contribution >= 4 is 5.97 Å². The van der Waals surface area contributed by atoms with Crippen LogP contribution in [0.3, 0.4) is 0 Å². The second-order valence-corrected chi connectivity index (χ2v) is 3.82. The van der Waals surface area contributed by atoms with Crippen molar-refractivity contribution in [1.82, 2.24) is 5.32 Å². The number of benzene rings is 1. The average molecular weight is 238 g/mol. The van der Waals surface area contributed by atoms with Gasteiger partial charge < -0.3 is 20.9 Å². The zero-order chi connectivity index (χ0) is 12.8. The fourth-order valence-corrected chi connectivity index (χ4v) is 1.53. The molecule has 1 aromatic rings. The number of rotatable bonds is 6. The van der Waals surface area contributed by atoms with E-state index in [2.05, 4.69) is 5.32 Å². The van der Waals surface area contributed by atoms with Gasteiger partial charge in [-0.1, -0.05) is 18.2 Å². The van der Waals surface area contributed by atoms with Gasteiger partial charge in [0, 0.05) is 18.2 Å². The van der Waals surface area contributed by atoms with Gasteiger partial charge in [0.2, 0.25) is 0 Å². The molecule has 5 heteroatoms. The van der Waals surface area contributed by atoms with Crippen molar-refractivity contribution in [2.75, 3.05) is 13.7 Å². The fourth-order valence-electron chi connectivity index (χ4n) is 1.53. The van der Waals surface area contributed by atoms with Gasteiger partial charge in [0.25, 0.3) is 0 Å². The van der Waals surface area contributed by atoms with Crippen molar-refractivity contribution in [3.05, 3.63) is 29.8 Å². The summed E-state index contributed by atoms with van der Waals surface area (Å²) < 4.78 is 5.23. The van der Waals surface area contributed by atoms with E-state index in [0.717, 1.165) is 11.3 Å². The number of aliphatic carboxylic acids is 1. The Kier molecular flexibility index (Phi) is 4.93. The van der Waals surface area contributed by atoms with Crippen LogP contribution in [-0.2, 0) is 4.79 Å². The van der Waals surface area contributed by atoms with Gasteiger partial charge in [-0.25, -0.2) is 0 Å². The van der Waals surface area contributed by atoms with Crippen LogP contribution in [0.15, 0.2) is 24.3 Å². The number of hydrogen-bond acceptors (Lipinski definition) is 4. The minimum Gasteiger partial charge on any atom is -0.496 e. The van der Waals surface area contributed by atoms with Gasteiger partial charge in [-0.2, -0.15) is 0 Å². The lowest BCUT2D eigenvalue weighted by atomic mass is 10.1. The highest BCUT2D eigenvalue weighted by molar-refractivity contribution is 5.73. The van der Waals surface area contributed by atoms with Gasteiger partial charge in [-0.05, 0) is 13.0 Å². The highest BCUT2D eigenvalue weighted by atomic mass is 16.5. The number of hydrogen-bond donors (Lipinski definition) is 3. The molecule has 0 saturated heterocycles. The molecule has 1 rings (SSSR count). The van der Waals surface area contributed by atoms with Crippen molar-refractivity contribution in [3.8, 4) is 5.75 Å². The first-order valence-electron chi connectivity index (χ1n) is 5.41. The monoisotopic (exact) mass is 238 g/mol. The normalized spacial score (nSPS) is 14.1. The summed E-state index contributed by atoms with van der Waals surface area (Å²) in [5.41, 5.74) is 6.40. The average Bonchev–Trinajstić information content (AvgIpc) is 2.35. The summed E-state index contributed by atoms with van der Waals surface area (Å²) in [5, 5.41) is 11.7. The molecule has 0 saturated carbocycles. The summed E-state index contributed by atoms with van der Waals surface area (Å²) in [6.07, 6.45) is 0. The first kappa shape index (κ1) is 13.5. The first-order valence-corrected chi connectivity index (χ1v) is 5.41. The van der Waals surface area contributed by atoms with Crippen molar-refractivity contribution in [3.63, 3.8) is 0 Å². The molecule has 1 aromatic carbocycles. The van der Waals surface area contributed by atoms with Gasteiger partial charge in [0.1, 0.15) is 11.8 Å². The summed E-state index contributed by atoms with van der Waals surface area (Å²) in [4.78, 5) is 10.6. The zero-order valence-electron chi connectivity index (χ0n) is 10.0. The van der Waals surface area contributed by atoms with Crippen LogP contribution in [-0.4, -0.2) is 30.8 Å². The molecule has 0 aliphatic heterocycles. The minimum absolute atomic E-state index is 0.0171. The lowest BCUT2D eigenvalue weighted by molar-refractivity contribution is -0.138. The Bertz CT molecular complexity index is 382. The SMILES string of the molecule is COc1ccccc1[C@H](C)NCC(N)C(=O)O. The Labute approximate surface area is 101 Å². The predicted octanol–water partition coefficient (Wildman–Crippen LogP) is 0.758. The second-order valence-electron chi connectivity index (χ2n) is 3.82. The van der Waals surface area contributed by atoms with Crippen molar-refractivity contribution < 1.29 is 14.6 Å². The van der Waals surface area contributed by atoms with Crippen LogP contribution in [0.5, 0.6) is 5.75 Å². The van der Waals surface area contributed by atoms with Gasteiger partial charge >= 0.3 is 5.97 Å². The Balaban J connectivity index is 2.63. The summed E-state index contributed by atoms with van der Waals surface area (Å²) >= 11 is 0. The highest BCUT2D eigenvalue weighted by Crippen LogP contribution is 2.23. The molecule has 0 bridgehead atoms. The highest BCUT2D eigenvalue weighted by Gasteiger charge is 2.15. The van der Waals surface area contributed by atoms with E-state index in [1.165, 1.54) is 0 Å². The fraction of sp³-hybridized carbons (Fsp3) is 0.417. The third-order valence-electron chi connectivity index (χ3n) is 2.57. The number of carboxylic acids is 1. The summed E-state index contributed by atoms with van der Waals surface area (Å²) in [6, 6.07) is 6.68. The molecule has 0 heterocycles. The van der Waals surface area contributed by atoms with Crippen LogP contribution in [0.25, 0.3) is 0 Å². The molecule has 2 atom stereocenters. The lowest BCUT2D eigenvalue weighted by Gasteiger charge is -2.18. The van der Waals surface area contributed by atoms with Gasteiger partial charge in [0.15, 0.2) is 0 Å². The smallest absolute Gasteiger partial charge is 0.321 e. The largest absolute Gasteiger partial charge is 0.496 e. The predicted molar refractivity (Wildman–Crippen MR) is 65.0 cm³/mol. The molecule has 0 spiro atoms. The number of carboxylic acid groups (broad SMARTS) is 1. The molecule has 0 aliphatic carbocycles. The number of para-hydroxylation sites is 1. The maximum atomic E-state index is 10.6. The second kappa shape index (κ2) is 6.22. The molecular weight excluding hydrogens is 220 g/mol. The number of ether oxygens (including phenoxy) is 1. The molecule has 17 heavy (non-hydrogen) atoms. The molecule has 0 aromatic heterocycles. The number of nitrogens with one attached hydrogen (secondary N) is 1. The van der Waals surface area contributed by atoms with Crippen molar-refractivity contribution in [1.29, 1.82) is 0 Å². The lowest BCUT2D eigenvalue weighted by Crippen LogP contribution is -2.41. The van der Waals surface area contributed by atoms with E-state index in [1.54, 1.807) is 7.11 Å². The van der Waals surface area contributed by atoms with E-state index in [9.17, 15) is 4.79 Å². The quantitative estimate of drug-likeness (QED) is 0.681. The third-order valence-corrected chi connectivity index (χ3v) is 2.57. The molecule has 94 valence electrons. The summed E-state index contributed by atoms with van der Waals surface area (Å²) in [5.74, 6) is -0.235. The van der Waals surface area contributed by atoms with E-state index >= 15 is 0 Å². The van der Waals surface area contributed by atoms with Crippen LogP contribution < -0.4 is 15.8 Å². The number of nitrogens with two attached hydrogens (primary N) is 1. The maximum Gasteiger partial charge on any atom is 0.321 e. The molecule has 5 nitrogen and oxygen atoms in total. The molecule has 0 aliphatic rings. The molecule has 0 radical (unpaired) electrons. The van der Waals surface area contributed by atoms with E-state index < -0.39 is 12.0 Å². The first-order chi connectivity index (χ1) is 8.06. The summed E-state index contributed by atoms with van der Waals surface area (Å²) in [6.45, 7) is 2.15. The Morgan fingerprint density at radius 1 is 1.53 bits per heavy atom.